The third kappa shape index (κ3) is 4.99. The van der Waals surface area contributed by atoms with Gasteiger partial charge in [0.2, 0.25) is 0 Å². The van der Waals surface area contributed by atoms with Crippen LogP contribution < -0.4 is 10.6 Å². The Bertz CT molecular complexity index is 784. The van der Waals surface area contributed by atoms with Crippen LogP contribution in [0.3, 0.4) is 0 Å². The summed E-state index contributed by atoms with van der Waals surface area (Å²) in [5.74, 6) is -0.513. The van der Waals surface area contributed by atoms with Crippen LogP contribution in [0.25, 0.3) is 11.3 Å². The second-order valence-electron chi connectivity index (χ2n) is 6.50. The van der Waals surface area contributed by atoms with Crippen LogP contribution >= 0.6 is 0 Å². The largest absolute Gasteiger partial charge is 0.469 e. The van der Waals surface area contributed by atoms with E-state index in [9.17, 15) is 9.59 Å². The molecule has 27 heavy (non-hydrogen) atoms. The number of carbonyl (C=O) groups is 2. The summed E-state index contributed by atoms with van der Waals surface area (Å²) < 4.78 is 4.89. The fourth-order valence-corrected chi connectivity index (χ4v) is 3.32. The fourth-order valence-electron chi connectivity index (χ4n) is 3.32. The Morgan fingerprint density at radius 1 is 1.11 bits per heavy atom. The lowest BCUT2D eigenvalue weighted by molar-refractivity contribution is -0.146. The zero-order valence-electron chi connectivity index (χ0n) is 15.2. The van der Waals surface area contributed by atoms with E-state index in [2.05, 4.69) is 25.8 Å². The summed E-state index contributed by atoms with van der Waals surface area (Å²) in [7, 11) is 1.37. The number of benzene rings is 1. The first-order chi connectivity index (χ1) is 13.2. The molecule has 2 amide bonds. The van der Waals surface area contributed by atoms with Gasteiger partial charge in [-0.15, -0.1) is 5.10 Å². The number of nitrogens with zero attached hydrogens (tertiary/aromatic N) is 3. The predicted molar refractivity (Wildman–Crippen MR) is 99.8 cm³/mol. The molecule has 8 nitrogen and oxygen atoms in total. The first-order valence-corrected chi connectivity index (χ1v) is 9.08. The van der Waals surface area contributed by atoms with Crippen molar-refractivity contribution < 1.29 is 14.3 Å². The van der Waals surface area contributed by atoms with Gasteiger partial charge in [0.05, 0.1) is 24.9 Å². The number of anilines is 1. The highest BCUT2D eigenvalue weighted by molar-refractivity contribution is 5.88. The molecule has 0 radical (unpaired) electrons. The van der Waals surface area contributed by atoms with Crippen molar-refractivity contribution in [2.75, 3.05) is 12.4 Å². The molecule has 2 N–H and O–H groups in total. The number of hydrogen-bond acceptors (Lipinski definition) is 6. The molecule has 1 aromatic heterocycles. The van der Waals surface area contributed by atoms with Crippen molar-refractivity contribution in [3.05, 3.63) is 36.5 Å². The second-order valence-corrected chi connectivity index (χ2v) is 6.50. The molecule has 8 heteroatoms. The van der Waals surface area contributed by atoms with Gasteiger partial charge in [-0.05, 0) is 12.8 Å². The lowest BCUT2D eigenvalue weighted by Crippen LogP contribution is -2.45. The molecule has 1 aromatic carbocycles. The van der Waals surface area contributed by atoms with Crippen molar-refractivity contribution in [1.82, 2.24) is 20.5 Å². The number of ether oxygens (including phenoxy) is 1. The minimum absolute atomic E-state index is 0.108. The molecule has 0 aliphatic heterocycles. The van der Waals surface area contributed by atoms with Gasteiger partial charge in [0.25, 0.3) is 5.95 Å². The van der Waals surface area contributed by atoms with Gasteiger partial charge in [0.1, 0.15) is 0 Å². The van der Waals surface area contributed by atoms with Crippen molar-refractivity contribution in [3.8, 4) is 11.3 Å². The Balaban J connectivity index is 1.67. The number of rotatable bonds is 4. The zero-order valence-corrected chi connectivity index (χ0v) is 15.2. The molecule has 1 aliphatic carbocycles. The Morgan fingerprint density at radius 3 is 2.67 bits per heavy atom. The number of urea groups is 1. The Morgan fingerprint density at radius 2 is 1.89 bits per heavy atom. The summed E-state index contributed by atoms with van der Waals surface area (Å²) in [6.45, 7) is 0. The van der Waals surface area contributed by atoms with E-state index in [1.54, 1.807) is 0 Å². The van der Waals surface area contributed by atoms with E-state index in [1.807, 2.05) is 30.3 Å². The van der Waals surface area contributed by atoms with Gasteiger partial charge in [-0.2, -0.15) is 5.10 Å². The van der Waals surface area contributed by atoms with Crippen LogP contribution in [0.15, 0.2) is 36.5 Å². The van der Waals surface area contributed by atoms with E-state index >= 15 is 0 Å². The van der Waals surface area contributed by atoms with Gasteiger partial charge in [0.15, 0.2) is 0 Å². The van der Waals surface area contributed by atoms with Gasteiger partial charge >= 0.3 is 12.0 Å². The minimum Gasteiger partial charge on any atom is -0.469 e. The molecule has 142 valence electrons. The summed E-state index contributed by atoms with van der Waals surface area (Å²) in [4.78, 5) is 28.8. The van der Waals surface area contributed by atoms with Crippen LogP contribution in [-0.2, 0) is 9.53 Å². The molecule has 2 aromatic rings. The lowest BCUT2D eigenvalue weighted by atomic mass is 9.95. The first kappa shape index (κ1) is 18.8. The summed E-state index contributed by atoms with van der Waals surface area (Å²) in [6.07, 6.45) is 5.93. The number of hydrogen-bond donors (Lipinski definition) is 2. The molecule has 3 rings (SSSR count). The molecular weight excluding hydrogens is 346 g/mol. The van der Waals surface area contributed by atoms with Crippen molar-refractivity contribution >= 4 is 17.9 Å². The molecular formula is C19H23N5O3. The van der Waals surface area contributed by atoms with Crippen molar-refractivity contribution in [3.63, 3.8) is 0 Å². The molecule has 1 heterocycles. The molecule has 1 fully saturated rings. The number of carbonyl (C=O) groups excluding carboxylic acids is 2. The van der Waals surface area contributed by atoms with Crippen molar-refractivity contribution in [2.24, 2.45) is 5.92 Å². The summed E-state index contributed by atoms with van der Waals surface area (Å²) in [5, 5.41) is 13.2. The third-order valence-corrected chi connectivity index (χ3v) is 4.69. The second kappa shape index (κ2) is 9.07. The first-order valence-electron chi connectivity index (χ1n) is 9.08. The standard InChI is InChI=1S/C19H23N5O3/c1-27-17(25)14-10-6-3-7-11-15(14)22-19(26)23-18-21-16(12-20-24-18)13-8-4-2-5-9-13/h2,4-5,8-9,12,14-15H,3,6-7,10-11H2,1H3,(H2,21,22,23,24,26)/t14-,15+/m0/s1. The van der Waals surface area contributed by atoms with Crippen LogP contribution in [0.4, 0.5) is 10.7 Å². The molecule has 0 unspecified atom stereocenters. The number of esters is 1. The monoisotopic (exact) mass is 369 g/mol. The SMILES string of the molecule is COC(=O)[C@H]1CCCCC[C@H]1NC(=O)Nc1nncc(-c2ccccc2)n1. The molecule has 0 saturated heterocycles. The van der Waals surface area contributed by atoms with Gasteiger partial charge in [0, 0.05) is 11.6 Å². The molecule has 0 bridgehead atoms. The van der Waals surface area contributed by atoms with E-state index in [0.717, 1.165) is 31.2 Å². The van der Waals surface area contributed by atoms with Gasteiger partial charge in [-0.3, -0.25) is 10.1 Å². The van der Waals surface area contributed by atoms with Crippen LogP contribution in [0.1, 0.15) is 32.1 Å². The maximum atomic E-state index is 12.4. The van der Waals surface area contributed by atoms with E-state index in [0.29, 0.717) is 12.1 Å². The molecule has 2 atom stereocenters. The zero-order chi connectivity index (χ0) is 19.1. The molecule has 0 spiro atoms. The Kier molecular flexibility index (Phi) is 6.30. The Labute approximate surface area is 157 Å². The quantitative estimate of drug-likeness (QED) is 0.634. The van der Waals surface area contributed by atoms with E-state index < -0.39 is 6.03 Å². The fraction of sp³-hybridized carbons (Fsp3) is 0.421. The van der Waals surface area contributed by atoms with Gasteiger partial charge in [-0.1, -0.05) is 49.6 Å². The number of aromatic nitrogens is 3. The average molecular weight is 369 g/mol. The third-order valence-electron chi connectivity index (χ3n) is 4.69. The topological polar surface area (TPSA) is 106 Å². The van der Waals surface area contributed by atoms with Gasteiger partial charge < -0.3 is 10.1 Å². The predicted octanol–water partition coefficient (Wildman–Crippen LogP) is 2.78. The van der Waals surface area contributed by atoms with E-state index in [4.69, 9.17) is 4.74 Å². The smallest absolute Gasteiger partial charge is 0.321 e. The maximum Gasteiger partial charge on any atom is 0.321 e. The number of amides is 2. The highest BCUT2D eigenvalue weighted by atomic mass is 16.5. The highest BCUT2D eigenvalue weighted by Gasteiger charge is 2.31. The van der Waals surface area contributed by atoms with Crippen molar-refractivity contribution in [2.45, 2.75) is 38.1 Å². The summed E-state index contributed by atoms with van der Waals surface area (Å²) in [6, 6.07) is 8.79. The average Bonchev–Trinajstić information content (AvgIpc) is 2.93. The van der Waals surface area contributed by atoms with Crippen LogP contribution in [0.5, 0.6) is 0 Å². The minimum atomic E-state index is -0.456. The Hall–Kier alpha value is -3.03. The van der Waals surface area contributed by atoms with Crippen molar-refractivity contribution in [1.29, 1.82) is 0 Å². The summed E-state index contributed by atoms with van der Waals surface area (Å²) in [5.41, 5.74) is 1.49. The van der Waals surface area contributed by atoms with Crippen LogP contribution in [-0.4, -0.2) is 40.3 Å². The maximum absolute atomic E-state index is 12.4. The number of methoxy groups -OCH3 is 1. The highest BCUT2D eigenvalue weighted by Crippen LogP contribution is 2.24. The number of nitrogens with one attached hydrogen (secondary N) is 2. The van der Waals surface area contributed by atoms with Crippen LogP contribution in [0, 0.1) is 5.92 Å². The molecule has 1 aliphatic rings. The van der Waals surface area contributed by atoms with Crippen LogP contribution in [0.2, 0.25) is 0 Å². The normalized spacial score (nSPS) is 19.6. The van der Waals surface area contributed by atoms with Gasteiger partial charge in [-0.25, -0.2) is 9.78 Å². The lowest BCUT2D eigenvalue weighted by Gasteiger charge is -2.24. The van der Waals surface area contributed by atoms with E-state index in [-0.39, 0.29) is 23.9 Å². The molecule has 1 saturated carbocycles. The van der Waals surface area contributed by atoms with E-state index in [1.165, 1.54) is 13.3 Å². The summed E-state index contributed by atoms with van der Waals surface area (Å²) >= 11 is 0.